The Morgan fingerprint density at radius 1 is 1.13 bits per heavy atom. The lowest BCUT2D eigenvalue weighted by atomic mass is 9.79. The average Bonchev–Trinajstić information content (AvgIpc) is 2.87. The number of rotatable bonds is 6. The molecule has 1 rings (SSSR count). The SMILES string of the molecule is CCC1(CC)CC1(CC)CC(C)C(C)=O. The zero-order chi connectivity index (χ0) is 11.7. The number of hydrogen-bond acceptors (Lipinski definition) is 1. The molecule has 0 saturated heterocycles. The molecule has 0 radical (unpaired) electrons. The van der Waals surface area contributed by atoms with Crippen molar-refractivity contribution in [2.75, 3.05) is 0 Å². The van der Waals surface area contributed by atoms with Crippen LogP contribution in [0.25, 0.3) is 0 Å². The highest BCUT2D eigenvalue weighted by Crippen LogP contribution is 2.72. The smallest absolute Gasteiger partial charge is 0.132 e. The van der Waals surface area contributed by atoms with Crippen molar-refractivity contribution < 1.29 is 4.79 Å². The molecule has 1 heteroatoms. The van der Waals surface area contributed by atoms with Crippen molar-refractivity contribution in [3.8, 4) is 0 Å². The van der Waals surface area contributed by atoms with Crippen LogP contribution in [0.4, 0.5) is 0 Å². The van der Waals surface area contributed by atoms with E-state index in [1.807, 2.05) is 0 Å². The van der Waals surface area contributed by atoms with Gasteiger partial charge in [-0.3, -0.25) is 4.79 Å². The Hall–Kier alpha value is -0.330. The highest BCUT2D eigenvalue weighted by atomic mass is 16.1. The van der Waals surface area contributed by atoms with E-state index >= 15 is 0 Å². The Kier molecular flexibility index (Phi) is 3.63. The van der Waals surface area contributed by atoms with Gasteiger partial charge in [-0.2, -0.15) is 0 Å². The fraction of sp³-hybridized carbons (Fsp3) is 0.929. The molecule has 15 heavy (non-hydrogen) atoms. The van der Waals surface area contributed by atoms with Crippen LogP contribution in [0.5, 0.6) is 0 Å². The Morgan fingerprint density at radius 2 is 1.60 bits per heavy atom. The standard InChI is InChI=1S/C14H26O/c1-6-13(7-2)10-14(13,8-3)9-11(4)12(5)15/h11H,6-10H2,1-5H3. The number of carbonyl (C=O) groups is 1. The van der Waals surface area contributed by atoms with E-state index in [4.69, 9.17) is 0 Å². The molecule has 2 unspecified atom stereocenters. The molecule has 0 spiro atoms. The van der Waals surface area contributed by atoms with Crippen molar-refractivity contribution in [2.45, 2.75) is 66.7 Å². The van der Waals surface area contributed by atoms with Gasteiger partial charge in [-0.25, -0.2) is 0 Å². The second kappa shape index (κ2) is 4.27. The lowest BCUT2D eigenvalue weighted by Crippen LogP contribution is -2.19. The van der Waals surface area contributed by atoms with Crippen LogP contribution in [0.1, 0.15) is 66.7 Å². The van der Waals surface area contributed by atoms with Crippen molar-refractivity contribution in [3.05, 3.63) is 0 Å². The van der Waals surface area contributed by atoms with Crippen molar-refractivity contribution in [1.29, 1.82) is 0 Å². The number of Topliss-reactive ketones (excluding diaryl/α,β-unsaturated/α-hetero) is 1. The molecule has 1 saturated carbocycles. The maximum Gasteiger partial charge on any atom is 0.132 e. The maximum atomic E-state index is 11.4. The summed E-state index contributed by atoms with van der Waals surface area (Å²) in [5.41, 5.74) is 1.05. The van der Waals surface area contributed by atoms with Gasteiger partial charge in [0.2, 0.25) is 0 Å². The van der Waals surface area contributed by atoms with Crippen molar-refractivity contribution >= 4 is 5.78 Å². The van der Waals surface area contributed by atoms with Crippen LogP contribution in [-0.4, -0.2) is 5.78 Å². The Labute approximate surface area is 94.6 Å². The predicted octanol–water partition coefficient (Wildman–Crippen LogP) is 4.21. The summed E-state index contributed by atoms with van der Waals surface area (Å²) in [5.74, 6) is 0.612. The first-order valence-electron chi connectivity index (χ1n) is 6.47. The molecule has 0 aromatic rings. The Morgan fingerprint density at radius 3 is 1.87 bits per heavy atom. The van der Waals surface area contributed by atoms with Gasteiger partial charge in [0.15, 0.2) is 0 Å². The molecule has 1 fully saturated rings. The largest absolute Gasteiger partial charge is 0.300 e. The zero-order valence-electron chi connectivity index (χ0n) is 11.0. The maximum absolute atomic E-state index is 11.4. The lowest BCUT2D eigenvalue weighted by molar-refractivity contribution is -0.121. The molecule has 0 heterocycles. The van der Waals surface area contributed by atoms with Crippen LogP contribution in [0.3, 0.4) is 0 Å². The average molecular weight is 210 g/mol. The summed E-state index contributed by atoms with van der Waals surface area (Å²) in [7, 11) is 0. The first-order chi connectivity index (χ1) is 6.97. The molecular weight excluding hydrogens is 184 g/mol. The number of hydrogen-bond donors (Lipinski definition) is 0. The molecule has 0 aromatic heterocycles. The molecule has 1 aliphatic carbocycles. The minimum Gasteiger partial charge on any atom is -0.300 e. The van der Waals surface area contributed by atoms with E-state index in [0.717, 1.165) is 6.42 Å². The van der Waals surface area contributed by atoms with E-state index in [1.165, 1.54) is 25.7 Å². The van der Waals surface area contributed by atoms with Gasteiger partial charge in [0.25, 0.3) is 0 Å². The van der Waals surface area contributed by atoms with Crippen molar-refractivity contribution in [2.24, 2.45) is 16.7 Å². The summed E-state index contributed by atoms with van der Waals surface area (Å²) in [5, 5.41) is 0. The first kappa shape index (κ1) is 12.7. The molecule has 1 nitrogen and oxygen atoms in total. The molecule has 1 aliphatic rings. The highest BCUT2D eigenvalue weighted by Gasteiger charge is 2.63. The summed E-state index contributed by atoms with van der Waals surface area (Å²) >= 11 is 0. The van der Waals surface area contributed by atoms with Crippen LogP contribution in [0, 0.1) is 16.7 Å². The molecular formula is C14H26O. The van der Waals surface area contributed by atoms with E-state index in [2.05, 4.69) is 27.7 Å². The molecule has 0 amide bonds. The minimum atomic E-state index is 0.255. The Bertz CT molecular complexity index is 240. The van der Waals surface area contributed by atoms with Gasteiger partial charge in [-0.05, 0) is 49.9 Å². The number of ketones is 1. The summed E-state index contributed by atoms with van der Waals surface area (Å²) in [6.45, 7) is 10.7. The van der Waals surface area contributed by atoms with Gasteiger partial charge in [-0.1, -0.05) is 27.7 Å². The summed E-state index contributed by atoms with van der Waals surface area (Å²) in [4.78, 5) is 11.4. The van der Waals surface area contributed by atoms with E-state index in [-0.39, 0.29) is 5.92 Å². The second-order valence-electron chi connectivity index (χ2n) is 5.51. The highest BCUT2D eigenvalue weighted by molar-refractivity contribution is 5.78. The van der Waals surface area contributed by atoms with E-state index < -0.39 is 0 Å². The monoisotopic (exact) mass is 210 g/mol. The van der Waals surface area contributed by atoms with Gasteiger partial charge < -0.3 is 0 Å². The third kappa shape index (κ3) is 1.98. The van der Waals surface area contributed by atoms with Crippen molar-refractivity contribution in [3.63, 3.8) is 0 Å². The topological polar surface area (TPSA) is 17.1 Å². The van der Waals surface area contributed by atoms with Crippen LogP contribution < -0.4 is 0 Å². The molecule has 0 N–H and O–H groups in total. The van der Waals surface area contributed by atoms with Crippen LogP contribution in [0.2, 0.25) is 0 Å². The lowest BCUT2D eigenvalue weighted by Gasteiger charge is -2.25. The van der Waals surface area contributed by atoms with Gasteiger partial charge in [-0.15, -0.1) is 0 Å². The predicted molar refractivity (Wildman–Crippen MR) is 64.8 cm³/mol. The van der Waals surface area contributed by atoms with Crippen LogP contribution >= 0.6 is 0 Å². The minimum absolute atomic E-state index is 0.255. The van der Waals surface area contributed by atoms with E-state index in [1.54, 1.807) is 6.92 Å². The van der Waals surface area contributed by atoms with Gasteiger partial charge in [0, 0.05) is 5.92 Å². The fourth-order valence-electron chi connectivity index (χ4n) is 3.52. The third-order valence-electron chi connectivity index (χ3n) is 5.10. The van der Waals surface area contributed by atoms with E-state index in [9.17, 15) is 4.79 Å². The Balaban J connectivity index is 2.70. The molecule has 88 valence electrons. The van der Waals surface area contributed by atoms with Crippen LogP contribution in [-0.2, 0) is 4.79 Å². The number of carbonyl (C=O) groups excluding carboxylic acids is 1. The van der Waals surface area contributed by atoms with Crippen LogP contribution in [0.15, 0.2) is 0 Å². The fourth-order valence-corrected chi connectivity index (χ4v) is 3.52. The third-order valence-corrected chi connectivity index (χ3v) is 5.10. The first-order valence-corrected chi connectivity index (χ1v) is 6.47. The molecule has 2 atom stereocenters. The summed E-state index contributed by atoms with van der Waals surface area (Å²) < 4.78 is 0. The molecule has 0 bridgehead atoms. The van der Waals surface area contributed by atoms with Gasteiger partial charge >= 0.3 is 0 Å². The molecule has 0 aliphatic heterocycles. The summed E-state index contributed by atoms with van der Waals surface area (Å²) in [6, 6.07) is 0. The van der Waals surface area contributed by atoms with Gasteiger partial charge in [0.05, 0.1) is 0 Å². The zero-order valence-corrected chi connectivity index (χ0v) is 11.0. The van der Waals surface area contributed by atoms with Crippen molar-refractivity contribution in [1.82, 2.24) is 0 Å². The normalized spacial score (nSPS) is 29.9. The van der Waals surface area contributed by atoms with E-state index in [0.29, 0.717) is 16.6 Å². The summed E-state index contributed by atoms with van der Waals surface area (Å²) in [6.07, 6.45) is 6.26. The quantitative estimate of drug-likeness (QED) is 0.642. The van der Waals surface area contributed by atoms with Gasteiger partial charge in [0.1, 0.15) is 5.78 Å². The second-order valence-corrected chi connectivity index (χ2v) is 5.51. The molecule has 0 aromatic carbocycles.